The second kappa shape index (κ2) is 7.73. The zero-order valence-corrected chi connectivity index (χ0v) is 15.8. The summed E-state index contributed by atoms with van der Waals surface area (Å²) < 4.78 is 0. The fraction of sp³-hybridized carbons (Fsp3) is 0.364. The van der Waals surface area contributed by atoms with E-state index in [1.807, 2.05) is 49.1 Å². The zero-order valence-electron chi connectivity index (χ0n) is 15.8. The number of benzene rings is 2. The Balaban J connectivity index is 1.67. The van der Waals surface area contributed by atoms with Crippen molar-refractivity contribution in [1.82, 2.24) is 4.90 Å². The fourth-order valence-electron chi connectivity index (χ4n) is 3.55. The van der Waals surface area contributed by atoms with Crippen molar-refractivity contribution in [3.05, 3.63) is 64.7 Å². The van der Waals surface area contributed by atoms with Crippen molar-refractivity contribution in [3.8, 4) is 0 Å². The molecule has 26 heavy (non-hydrogen) atoms. The van der Waals surface area contributed by atoms with Crippen LogP contribution in [0.3, 0.4) is 0 Å². The van der Waals surface area contributed by atoms with Gasteiger partial charge in [-0.05, 0) is 48.6 Å². The number of fused-ring (bicyclic) bond motifs is 1. The van der Waals surface area contributed by atoms with Gasteiger partial charge in [-0.2, -0.15) is 0 Å². The van der Waals surface area contributed by atoms with E-state index in [1.54, 1.807) is 11.8 Å². The number of anilines is 1. The van der Waals surface area contributed by atoms with Crippen LogP contribution in [-0.2, 0) is 22.6 Å². The molecule has 2 aromatic rings. The first kappa shape index (κ1) is 18.2. The molecular formula is C22H26N2O2. The molecule has 0 bridgehead atoms. The fourth-order valence-corrected chi connectivity index (χ4v) is 3.55. The molecule has 0 fully saturated rings. The van der Waals surface area contributed by atoms with Gasteiger partial charge in [0.05, 0.1) is 0 Å². The number of carbonyl (C=O) groups excluding carboxylic acids is 2. The number of nitrogens with zero attached hydrogens (tertiary/aromatic N) is 2. The highest BCUT2D eigenvalue weighted by Crippen LogP contribution is 2.24. The monoisotopic (exact) mass is 350 g/mol. The van der Waals surface area contributed by atoms with Gasteiger partial charge in [-0.25, -0.2) is 0 Å². The summed E-state index contributed by atoms with van der Waals surface area (Å²) in [6.45, 7) is 7.44. The first-order valence-electron chi connectivity index (χ1n) is 9.16. The average Bonchev–Trinajstić information content (AvgIpc) is 2.64. The van der Waals surface area contributed by atoms with Gasteiger partial charge in [-0.1, -0.05) is 36.4 Å². The van der Waals surface area contributed by atoms with Crippen molar-refractivity contribution in [3.63, 3.8) is 0 Å². The minimum Gasteiger partial charge on any atom is -0.338 e. The topological polar surface area (TPSA) is 40.6 Å². The second-order valence-electron chi connectivity index (χ2n) is 6.97. The summed E-state index contributed by atoms with van der Waals surface area (Å²) in [5.41, 5.74) is 5.69. The molecule has 4 nitrogen and oxygen atoms in total. The van der Waals surface area contributed by atoms with Crippen molar-refractivity contribution in [1.29, 1.82) is 0 Å². The van der Waals surface area contributed by atoms with E-state index in [0.717, 1.165) is 29.8 Å². The lowest BCUT2D eigenvalue weighted by molar-refractivity contribution is -0.131. The summed E-state index contributed by atoms with van der Waals surface area (Å²) in [6, 6.07) is 14.2. The molecule has 0 radical (unpaired) electrons. The third kappa shape index (κ3) is 3.79. The van der Waals surface area contributed by atoms with Crippen LogP contribution < -0.4 is 4.90 Å². The quantitative estimate of drug-likeness (QED) is 0.845. The predicted molar refractivity (Wildman–Crippen MR) is 104 cm³/mol. The van der Waals surface area contributed by atoms with Crippen LogP contribution >= 0.6 is 0 Å². The third-order valence-corrected chi connectivity index (χ3v) is 5.28. The molecule has 0 saturated heterocycles. The molecule has 0 unspecified atom stereocenters. The molecule has 1 aliphatic rings. The Hall–Kier alpha value is -2.62. The zero-order chi connectivity index (χ0) is 18.7. The highest BCUT2D eigenvalue weighted by Gasteiger charge is 2.22. The van der Waals surface area contributed by atoms with Crippen LogP contribution in [0.4, 0.5) is 5.69 Å². The summed E-state index contributed by atoms with van der Waals surface area (Å²) in [5.74, 6) is 0.0755. The number of hydrogen-bond donors (Lipinski definition) is 0. The van der Waals surface area contributed by atoms with Crippen molar-refractivity contribution < 1.29 is 9.59 Å². The normalized spacial score (nSPS) is 13.3. The lowest BCUT2D eigenvalue weighted by Crippen LogP contribution is -2.39. The number of aryl methyl sites for hydroxylation is 1. The van der Waals surface area contributed by atoms with Gasteiger partial charge < -0.3 is 9.80 Å². The summed E-state index contributed by atoms with van der Waals surface area (Å²) in [4.78, 5) is 28.5. The van der Waals surface area contributed by atoms with E-state index in [4.69, 9.17) is 0 Å². The van der Waals surface area contributed by atoms with E-state index in [2.05, 4.69) is 12.1 Å². The number of amides is 2. The van der Waals surface area contributed by atoms with Crippen LogP contribution in [-0.4, -0.2) is 29.8 Å². The van der Waals surface area contributed by atoms with Crippen LogP contribution in [0, 0.1) is 13.8 Å². The molecule has 2 amide bonds. The summed E-state index contributed by atoms with van der Waals surface area (Å²) >= 11 is 0. The molecule has 1 heterocycles. The number of rotatable bonds is 4. The number of carbonyl (C=O) groups is 2. The SMILES string of the molecule is CC(=O)N(CCC(=O)N1CCc2ccccc2C1)c1cccc(C)c1C. The molecule has 1 aliphatic heterocycles. The van der Waals surface area contributed by atoms with E-state index >= 15 is 0 Å². The maximum Gasteiger partial charge on any atom is 0.224 e. The van der Waals surface area contributed by atoms with Gasteiger partial charge in [-0.15, -0.1) is 0 Å². The second-order valence-corrected chi connectivity index (χ2v) is 6.97. The van der Waals surface area contributed by atoms with Gasteiger partial charge in [0.15, 0.2) is 0 Å². The van der Waals surface area contributed by atoms with E-state index in [1.165, 1.54) is 11.1 Å². The van der Waals surface area contributed by atoms with E-state index < -0.39 is 0 Å². The lowest BCUT2D eigenvalue weighted by atomic mass is 10.00. The molecule has 0 N–H and O–H groups in total. The molecule has 136 valence electrons. The van der Waals surface area contributed by atoms with Gasteiger partial charge in [-0.3, -0.25) is 9.59 Å². The first-order valence-corrected chi connectivity index (χ1v) is 9.16. The van der Waals surface area contributed by atoms with E-state index in [-0.39, 0.29) is 11.8 Å². The first-order chi connectivity index (χ1) is 12.5. The maximum atomic E-state index is 12.7. The maximum absolute atomic E-state index is 12.7. The van der Waals surface area contributed by atoms with Crippen LogP contribution in [0.1, 0.15) is 35.6 Å². The standard InChI is InChI=1S/C22H26N2O2/c1-16-7-6-10-21(17(16)2)24(18(3)25)14-12-22(26)23-13-11-19-8-4-5-9-20(19)15-23/h4-10H,11-15H2,1-3H3. The van der Waals surface area contributed by atoms with Crippen LogP contribution in [0.5, 0.6) is 0 Å². The molecule has 2 aromatic carbocycles. The molecule has 0 aliphatic carbocycles. The Labute approximate surface area is 155 Å². The van der Waals surface area contributed by atoms with Gasteiger partial charge in [0, 0.05) is 38.7 Å². The Bertz CT molecular complexity index is 829. The van der Waals surface area contributed by atoms with E-state index in [0.29, 0.717) is 19.5 Å². The largest absolute Gasteiger partial charge is 0.338 e. The van der Waals surface area contributed by atoms with Gasteiger partial charge >= 0.3 is 0 Å². The Morgan fingerprint density at radius 3 is 2.50 bits per heavy atom. The molecule has 4 heteroatoms. The van der Waals surface area contributed by atoms with Crippen molar-refractivity contribution in [2.24, 2.45) is 0 Å². The molecule has 3 rings (SSSR count). The minimum absolute atomic E-state index is 0.0320. The molecule has 0 saturated carbocycles. The van der Waals surface area contributed by atoms with Crippen molar-refractivity contribution >= 4 is 17.5 Å². The molecule has 0 spiro atoms. The van der Waals surface area contributed by atoms with Crippen molar-refractivity contribution in [2.75, 3.05) is 18.0 Å². The molecule has 0 atom stereocenters. The van der Waals surface area contributed by atoms with E-state index in [9.17, 15) is 9.59 Å². The van der Waals surface area contributed by atoms with Gasteiger partial charge in [0.2, 0.25) is 11.8 Å². The predicted octanol–water partition coefficient (Wildman–Crippen LogP) is 3.63. The highest BCUT2D eigenvalue weighted by molar-refractivity contribution is 5.93. The lowest BCUT2D eigenvalue weighted by Gasteiger charge is -2.30. The van der Waals surface area contributed by atoms with Crippen LogP contribution in [0.25, 0.3) is 0 Å². The van der Waals surface area contributed by atoms with Crippen LogP contribution in [0.2, 0.25) is 0 Å². The third-order valence-electron chi connectivity index (χ3n) is 5.28. The summed E-state index contributed by atoms with van der Waals surface area (Å²) in [7, 11) is 0. The van der Waals surface area contributed by atoms with Gasteiger partial charge in [0.25, 0.3) is 0 Å². The van der Waals surface area contributed by atoms with Gasteiger partial charge in [0.1, 0.15) is 0 Å². The smallest absolute Gasteiger partial charge is 0.224 e. The van der Waals surface area contributed by atoms with Crippen molar-refractivity contribution in [2.45, 2.75) is 40.2 Å². The summed E-state index contributed by atoms with van der Waals surface area (Å²) in [5, 5.41) is 0. The average molecular weight is 350 g/mol. The summed E-state index contributed by atoms with van der Waals surface area (Å²) in [6.07, 6.45) is 1.24. The number of hydrogen-bond acceptors (Lipinski definition) is 2. The molecule has 0 aromatic heterocycles. The Kier molecular flexibility index (Phi) is 5.40. The molecular weight excluding hydrogens is 324 g/mol. The highest BCUT2D eigenvalue weighted by atomic mass is 16.2. The Morgan fingerprint density at radius 2 is 1.77 bits per heavy atom. The minimum atomic E-state index is -0.0320. The Morgan fingerprint density at radius 1 is 1.04 bits per heavy atom. The van der Waals surface area contributed by atoms with Crippen LogP contribution in [0.15, 0.2) is 42.5 Å².